The number of likely N-dealkylation sites (tertiary alicyclic amines) is 1. The lowest BCUT2D eigenvalue weighted by Crippen LogP contribution is -2.52. The predicted octanol–water partition coefficient (Wildman–Crippen LogP) is 3.80. The first kappa shape index (κ1) is 15.4. The van der Waals surface area contributed by atoms with E-state index in [0.29, 0.717) is 11.8 Å². The van der Waals surface area contributed by atoms with Crippen molar-refractivity contribution < 1.29 is 4.79 Å². The summed E-state index contributed by atoms with van der Waals surface area (Å²) in [5, 5.41) is 3.22. The summed E-state index contributed by atoms with van der Waals surface area (Å²) in [6, 6.07) is 10.8. The SMILES string of the molecule is CC1CC(C)CN(C(=O)NCC2(c3ccccc3)CCC2)C1. The Labute approximate surface area is 134 Å². The Kier molecular flexibility index (Phi) is 4.42. The summed E-state index contributed by atoms with van der Waals surface area (Å²) in [6.07, 6.45) is 4.87. The molecule has 1 aromatic rings. The molecule has 1 saturated carbocycles. The first-order chi connectivity index (χ1) is 10.6. The van der Waals surface area contributed by atoms with Crippen LogP contribution in [-0.2, 0) is 5.41 Å². The Morgan fingerprint density at radius 2 is 1.82 bits per heavy atom. The van der Waals surface area contributed by atoms with Crippen LogP contribution in [0.4, 0.5) is 4.79 Å². The molecule has 3 rings (SSSR count). The quantitative estimate of drug-likeness (QED) is 0.905. The van der Waals surface area contributed by atoms with Crippen LogP contribution < -0.4 is 5.32 Å². The maximum Gasteiger partial charge on any atom is 0.317 e. The number of hydrogen-bond donors (Lipinski definition) is 1. The molecule has 0 aromatic heterocycles. The van der Waals surface area contributed by atoms with Crippen molar-refractivity contribution in [3.63, 3.8) is 0 Å². The second-order valence-corrected chi connectivity index (χ2v) is 7.51. The fourth-order valence-electron chi connectivity index (χ4n) is 4.15. The zero-order valence-electron chi connectivity index (χ0n) is 13.8. The van der Waals surface area contributed by atoms with Gasteiger partial charge < -0.3 is 10.2 Å². The number of amides is 2. The molecule has 2 atom stereocenters. The Morgan fingerprint density at radius 3 is 2.36 bits per heavy atom. The van der Waals surface area contributed by atoms with E-state index in [0.717, 1.165) is 19.6 Å². The van der Waals surface area contributed by atoms with Gasteiger partial charge in [-0.05, 0) is 36.7 Å². The van der Waals surface area contributed by atoms with Gasteiger partial charge in [-0.2, -0.15) is 0 Å². The van der Waals surface area contributed by atoms with Crippen molar-refractivity contribution in [1.29, 1.82) is 0 Å². The van der Waals surface area contributed by atoms with Gasteiger partial charge in [0.1, 0.15) is 0 Å². The van der Waals surface area contributed by atoms with Crippen LogP contribution in [-0.4, -0.2) is 30.6 Å². The third-order valence-electron chi connectivity index (χ3n) is 5.43. The summed E-state index contributed by atoms with van der Waals surface area (Å²) >= 11 is 0. The summed E-state index contributed by atoms with van der Waals surface area (Å²) in [7, 11) is 0. The topological polar surface area (TPSA) is 32.3 Å². The molecular formula is C19H28N2O. The van der Waals surface area contributed by atoms with Gasteiger partial charge in [-0.25, -0.2) is 4.79 Å². The zero-order chi connectivity index (χ0) is 15.6. The minimum atomic E-state index is 0.126. The van der Waals surface area contributed by atoms with E-state index in [9.17, 15) is 4.79 Å². The Morgan fingerprint density at radius 1 is 1.18 bits per heavy atom. The monoisotopic (exact) mass is 300 g/mol. The number of benzene rings is 1. The van der Waals surface area contributed by atoms with E-state index in [-0.39, 0.29) is 11.4 Å². The van der Waals surface area contributed by atoms with Gasteiger partial charge in [0.25, 0.3) is 0 Å². The molecule has 0 spiro atoms. The minimum absolute atomic E-state index is 0.126. The summed E-state index contributed by atoms with van der Waals surface area (Å²) in [5.41, 5.74) is 1.55. The van der Waals surface area contributed by atoms with E-state index in [1.54, 1.807) is 0 Å². The number of nitrogens with zero attached hydrogens (tertiary/aromatic N) is 1. The lowest BCUT2D eigenvalue weighted by Gasteiger charge is -2.43. The predicted molar refractivity (Wildman–Crippen MR) is 89.9 cm³/mol. The first-order valence-corrected chi connectivity index (χ1v) is 8.67. The molecule has 1 saturated heterocycles. The lowest BCUT2D eigenvalue weighted by molar-refractivity contribution is 0.140. The minimum Gasteiger partial charge on any atom is -0.337 e. The van der Waals surface area contributed by atoms with Gasteiger partial charge in [-0.3, -0.25) is 0 Å². The van der Waals surface area contributed by atoms with Crippen molar-refractivity contribution in [3.8, 4) is 0 Å². The molecule has 0 radical (unpaired) electrons. The Hall–Kier alpha value is -1.51. The Bertz CT molecular complexity index is 499. The highest BCUT2D eigenvalue weighted by molar-refractivity contribution is 5.74. The number of hydrogen-bond acceptors (Lipinski definition) is 1. The highest BCUT2D eigenvalue weighted by Crippen LogP contribution is 2.43. The fourth-order valence-corrected chi connectivity index (χ4v) is 4.15. The van der Waals surface area contributed by atoms with Gasteiger partial charge in [0.15, 0.2) is 0 Å². The summed E-state index contributed by atoms with van der Waals surface area (Å²) in [5.74, 6) is 1.22. The molecule has 3 heteroatoms. The van der Waals surface area contributed by atoms with Crippen LogP contribution in [0.5, 0.6) is 0 Å². The number of carbonyl (C=O) groups is 1. The summed E-state index contributed by atoms with van der Waals surface area (Å²) in [6.45, 7) is 7.05. The average molecular weight is 300 g/mol. The molecule has 2 fully saturated rings. The third kappa shape index (κ3) is 3.13. The maximum absolute atomic E-state index is 12.5. The van der Waals surface area contributed by atoms with Crippen LogP contribution in [0.3, 0.4) is 0 Å². The lowest BCUT2D eigenvalue weighted by atomic mass is 9.64. The number of piperidine rings is 1. The number of urea groups is 1. The van der Waals surface area contributed by atoms with Crippen LogP contribution in [0, 0.1) is 11.8 Å². The van der Waals surface area contributed by atoms with Crippen LogP contribution >= 0.6 is 0 Å². The van der Waals surface area contributed by atoms with Crippen LogP contribution in [0.15, 0.2) is 30.3 Å². The second kappa shape index (κ2) is 6.31. The van der Waals surface area contributed by atoms with E-state index in [4.69, 9.17) is 0 Å². The highest BCUT2D eigenvalue weighted by atomic mass is 16.2. The van der Waals surface area contributed by atoms with Crippen molar-refractivity contribution >= 4 is 6.03 Å². The van der Waals surface area contributed by atoms with Crippen LogP contribution in [0.1, 0.15) is 45.1 Å². The molecule has 2 aliphatic rings. The Balaban J connectivity index is 1.60. The van der Waals surface area contributed by atoms with E-state index >= 15 is 0 Å². The number of carbonyl (C=O) groups excluding carboxylic acids is 1. The average Bonchev–Trinajstić information content (AvgIpc) is 2.46. The van der Waals surface area contributed by atoms with E-state index in [1.807, 2.05) is 4.90 Å². The fraction of sp³-hybridized carbons (Fsp3) is 0.632. The van der Waals surface area contributed by atoms with Crippen molar-refractivity contribution in [2.24, 2.45) is 11.8 Å². The molecule has 120 valence electrons. The van der Waals surface area contributed by atoms with Crippen molar-refractivity contribution in [2.75, 3.05) is 19.6 Å². The molecule has 1 aliphatic carbocycles. The highest BCUT2D eigenvalue weighted by Gasteiger charge is 2.39. The van der Waals surface area contributed by atoms with Gasteiger partial charge in [-0.1, -0.05) is 50.6 Å². The molecule has 3 nitrogen and oxygen atoms in total. The van der Waals surface area contributed by atoms with Gasteiger partial charge in [-0.15, -0.1) is 0 Å². The molecular weight excluding hydrogens is 272 g/mol. The standard InChI is InChI=1S/C19H28N2O/c1-15-11-16(2)13-21(12-15)18(22)20-14-19(9-6-10-19)17-7-4-3-5-8-17/h3-5,7-8,15-16H,6,9-14H2,1-2H3,(H,20,22). The molecule has 2 amide bonds. The largest absolute Gasteiger partial charge is 0.337 e. The van der Waals surface area contributed by atoms with E-state index in [2.05, 4.69) is 49.5 Å². The van der Waals surface area contributed by atoms with Crippen molar-refractivity contribution in [2.45, 2.75) is 44.9 Å². The van der Waals surface area contributed by atoms with Gasteiger partial charge in [0.2, 0.25) is 0 Å². The summed E-state index contributed by atoms with van der Waals surface area (Å²) < 4.78 is 0. The van der Waals surface area contributed by atoms with Gasteiger partial charge in [0.05, 0.1) is 0 Å². The maximum atomic E-state index is 12.5. The van der Waals surface area contributed by atoms with E-state index < -0.39 is 0 Å². The third-order valence-corrected chi connectivity index (χ3v) is 5.43. The molecule has 1 N–H and O–H groups in total. The van der Waals surface area contributed by atoms with Crippen LogP contribution in [0.2, 0.25) is 0 Å². The number of nitrogens with one attached hydrogen (secondary N) is 1. The molecule has 22 heavy (non-hydrogen) atoms. The van der Waals surface area contributed by atoms with Gasteiger partial charge in [0, 0.05) is 25.0 Å². The molecule has 1 heterocycles. The van der Waals surface area contributed by atoms with Gasteiger partial charge >= 0.3 is 6.03 Å². The van der Waals surface area contributed by atoms with E-state index in [1.165, 1.54) is 31.2 Å². The number of rotatable bonds is 3. The molecule has 1 aromatic carbocycles. The van der Waals surface area contributed by atoms with Crippen molar-refractivity contribution in [1.82, 2.24) is 10.2 Å². The summed E-state index contributed by atoms with van der Waals surface area (Å²) in [4.78, 5) is 14.5. The normalized spacial score (nSPS) is 27.1. The molecule has 1 aliphatic heterocycles. The van der Waals surface area contributed by atoms with Crippen molar-refractivity contribution in [3.05, 3.63) is 35.9 Å². The zero-order valence-corrected chi connectivity index (χ0v) is 13.8. The van der Waals surface area contributed by atoms with Crippen LogP contribution in [0.25, 0.3) is 0 Å². The molecule has 0 bridgehead atoms. The first-order valence-electron chi connectivity index (χ1n) is 8.67. The molecule has 2 unspecified atom stereocenters. The second-order valence-electron chi connectivity index (χ2n) is 7.51. The smallest absolute Gasteiger partial charge is 0.317 e.